The third-order valence-corrected chi connectivity index (χ3v) is 3.92. The number of rotatable bonds is 8. The first-order chi connectivity index (χ1) is 10.0. The molecule has 2 N–H and O–H groups in total. The standard InChI is InChI=1S/C15H22BrNO4/c1-19-10-8-11(16)15(13(9-10)20-2)12(17)6-4-5-7-14(18)21-3/h8-9,12H,4-7,17H2,1-3H3. The topological polar surface area (TPSA) is 70.8 Å². The zero-order chi connectivity index (χ0) is 15.8. The first-order valence-electron chi connectivity index (χ1n) is 6.77. The van der Waals surface area contributed by atoms with Crippen molar-refractivity contribution in [3.8, 4) is 11.5 Å². The van der Waals surface area contributed by atoms with Crippen molar-refractivity contribution in [1.82, 2.24) is 0 Å². The van der Waals surface area contributed by atoms with Gasteiger partial charge < -0.3 is 19.9 Å². The number of esters is 1. The lowest BCUT2D eigenvalue weighted by molar-refractivity contribution is -0.140. The van der Waals surface area contributed by atoms with E-state index in [1.54, 1.807) is 14.2 Å². The fourth-order valence-electron chi connectivity index (χ4n) is 2.10. The number of nitrogens with two attached hydrogens (primary N) is 1. The zero-order valence-corrected chi connectivity index (χ0v) is 14.2. The molecule has 1 rings (SSSR count). The molecule has 0 aliphatic carbocycles. The van der Waals surface area contributed by atoms with Crippen LogP contribution in [0.3, 0.4) is 0 Å². The lowest BCUT2D eigenvalue weighted by atomic mass is 10.00. The van der Waals surface area contributed by atoms with E-state index in [1.165, 1.54) is 7.11 Å². The highest BCUT2D eigenvalue weighted by Gasteiger charge is 2.17. The Morgan fingerprint density at radius 1 is 1.24 bits per heavy atom. The Morgan fingerprint density at radius 2 is 1.95 bits per heavy atom. The molecule has 0 aliphatic heterocycles. The molecule has 0 heterocycles. The monoisotopic (exact) mass is 359 g/mol. The Labute approximate surface area is 133 Å². The van der Waals surface area contributed by atoms with Crippen LogP contribution >= 0.6 is 15.9 Å². The largest absolute Gasteiger partial charge is 0.497 e. The molecule has 0 fully saturated rings. The van der Waals surface area contributed by atoms with E-state index in [0.717, 1.165) is 29.3 Å². The molecule has 0 aliphatic rings. The molecular weight excluding hydrogens is 338 g/mol. The predicted molar refractivity (Wildman–Crippen MR) is 84.7 cm³/mol. The quantitative estimate of drug-likeness (QED) is 0.569. The highest BCUT2D eigenvalue weighted by Crippen LogP contribution is 2.37. The van der Waals surface area contributed by atoms with E-state index >= 15 is 0 Å². The molecule has 0 saturated heterocycles. The second-order valence-electron chi connectivity index (χ2n) is 4.65. The van der Waals surface area contributed by atoms with Gasteiger partial charge in [-0.15, -0.1) is 0 Å². The average molecular weight is 360 g/mol. The van der Waals surface area contributed by atoms with Gasteiger partial charge in [-0.1, -0.05) is 22.4 Å². The molecule has 0 bridgehead atoms. The van der Waals surface area contributed by atoms with Gasteiger partial charge in [-0.3, -0.25) is 4.79 Å². The van der Waals surface area contributed by atoms with Crippen molar-refractivity contribution >= 4 is 21.9 Å². The van der Waals surface area contributed by atoms with E-state index in [2.05, 4.69) is 20.7 Å². The molecule has 0 aromatic heterocycles. The molecular formula is C15H22BrNO4. The number of methoxy groups -OCH3 is 3. The number of carbonyl (C=O) groups excluding carboxylic acids is 1. The van der Waals surface area contributed by atoms with E-state index in [-0.39, 0.29) is 12.0 Å². The summed E-state index contributed by atoms with van der Waals surface area (Å²) in [6, 6.07) is 3.51. The average Bonchev–Trinajstić information content (AvgIpc) is 2.49. The van der Waals surface area contributed by atoms with Gasteiger partial charge in [0.05, 0.1) is 21.3 Å². The summed E-state index contributed by atoms with van der Waals surface area (Å²) in [5.74, 6) is 1.22. The van der Waals surface area contributed by atoms with Crippen molar-refractivity contribution in [2.24, 2.45) is 5.73 Å². The summed E-state index contributed by atoms with van der Waals surface area (Å²) in [5, 5.41) is 0. The molecule has 0 saturated carbocycles. The van der Waals surface area contributed by atoms with E-state index < -0.39 is 0 Å². The van der Waals surface area contributed by atoms with E-state index in [9.17, 15) is 4.79 Å². The summed E-state index contributed by atoms with van der Waals surface area (Å²) < 4.78 is 16.1. The molecule has 118 valence electrons. The molecule has 0 radical (unpaired) electrons. The number of unbranched alkanes of at least 4 members (excludes halogenated alkanes) is 1. The minimum Gasteiger partial charge on any atom is -0.497 e. The van der Waals surface area contributed by atoms with Crippen LogP contribution in [0.5, 0.6) is 11.5 Å². The number of ether oxygens (including phenoxy) is 3. The Hall–Kier alpha value is -1.27. The molecule has 1 aromatic carbocycles. The van der Waals surface area contributed by atoms with Crippen molar-refractivity contribution in [2.45, 2.75) is 31.7 Å². The summed E-state index contributed by atoms with van der Waals surface area (Å²) in [5.41, 5.74) is 7.16. The lowest BCUT2D eigenvalue weighted by Crippen LogP contribution is -2.13. The maximum Gasteiger partial charge on any atom is 0.305 e. The minimum atomic E-state index is -0.188. The Morgan fingerprint density at radius 3 is 2.52 bits per heavy atom. The van der Waals surface area contributed by atoms with E-state index in [1.807, 2.05) is 12.1 Å². The predicted octanol–water partition coefficient (Wildman–Crippen LogP) is 3.20. The highest BCUT2D eigenvalue weighted by atomic mass is 79.9. The van der Waals surface area contributed by atoms with Crippen molar-refractivity contribution in [1.29, 1.82) is 0 Å². The Bertz CT molecular complexity index is 479. The van der Waals surface area contributed by atoms with Crippen LogP contribution in [0.15, 0.2) is 16.6 Å². The van der Waals surface area contributed by atoms with Gasteiger partial charge in [0.15, 0.2) is 0 Å². The number of halogens is 1. The van der Waals surface area contributed by atoms with Crippen LogP contribution in [0.4, 0.5) is 0 Å². The first-order valence-corrected chi connectivity index (χ1v) is 7.56. The van der Waals surface area contributed by atoms with E-state index in [0.29, 0.717) is 17.9 Å². The normalized spacial score (nSPS) is 11.9. The molecule has 5 nitrogen and oxygen atoms in total. The number of benzene rings is 1. The Kier molecular flexibility index (Phi) is 7.53. The zero-order valence-electron chi connectivity index (χ0n) is 12.6. The third kappa shape index (κ3) is 5.21. The van der Waals surface area contributed by atoms with Gasteiger partial charge in [-0.25, -0.2) is 0 Å². The third-order valence-electron chi connectivity index (χ3n) is 3.27. The maximum atomic E-state index is 11.1. The fourth-order valence-corrected chi connectivity index (χ4v) is 2.81. The van der Waals surface area contributed by atoms with Gasteiger partial charge in [0.2, 0.25) is 0 Å². The van der Waals surface area contributed by atoms with Crippen molar-refractivity contribution < 1.29 is 19.0 Å². The van der Waals surface area contributed by atoms with Crippen LogP contribution in [0.1, 0.15) is 37.3 Å². The summed E-state index contributed by atoms with van der Waals surface area (Å²) in [4.78, 5) is 11.1. The molecule has 0 spiro atoms. The van der Waals surface area contributed by atoms with Gasteiger partial charge in [0.25, 0.3) is 0 Å². The summed E-state index contributed by atoms with van der Waals surface area (Å²) in [7, 11) is 4.61. The van der Waals surface area contributed by atoms with Crippen LogP contribution in [0.2, 0.25) is 0 Å². The van der Waals surface area contributed by atoms with Crippen LogP contribution in [0, 0.1) is 0 Å². The number of hydrogen-bond acceptors (Lipinski definition) is 5. The second-order valence-corrected chi connectivity index (χ2v) is 5.51. The molecule has 1 unspecified atom stereocenters. The molecule has 6 heteroatoms. The van der Waals surface area contributed by atoms with Gasteiger partial charge >= 0.3 is 5.97 Å². The van der Waals surface area contributed by atoms with Gasteiger partial charge in [-0.05, 0) is 18.9 Å². The second kappa shape index (κ2) is 8.89. The SMILES string of the molecule is COC(=O)CCCCC(N)c1c(Br)cc(OC)cc1OC. The van der Waals surface area contributed by atoms with Crippen LogP contribution in [-0.2, 0) is 9.53 Å². The number of hydrogen-bond donors (Lipinski definition) is 1. The van der Waals surface area contributed by atoms with Crippen molar-refractivity contribution in [2.75, 3.05) is 21.3 Å². The van der Waals surface area contributed by atoms with Crippen molar-refractivity contribution in [3.63, 3.8) is 0 Å². The molecule has 21 heavy (non-hydrogen) atoms. The lowest BCUT2D eigenvalue weighted by Gasteiger charge is -2.18. The summed E-state index contributed by atoms with van der Waals surface area (Å²) in [6.45, 7) is 0. The summed E-state index contributed by atoms with van der Waals surface area (Å²) >= 11 is 3.51. The highest BCUT2D eigenvalue weighted by molar-refractivity contribution is 9.10. The minimum absolute atomic E-state index is 0.169. The number of carbonyl (C=O) groups is 1. The van der Waals surface area contributed by atoms with Gasteiger partial charge in [0, 0.05) is 28.6 Å². The van der Waals surface area contributed by atoms with Crippen LogP contribution in [0.25, 0.3) is 0 Å². The van der Waals surface area contributed by atoms with Crippen molar-refractivity contribution in [3.05, 3.63) is 22.2 Å². The van der Waals surface area contributed by atoms with Gasteiger partial charge in [-0.2, -0.15) is 0 Å². The first kappa shape index (κ1) is 17.8. The van der Waals surface area contributed by atoms with Gasteiger partial charge in [0.1, 0.15) is 11.5 Å². The van der Waals surface area contributed by atoms with E-state index in [4.69, 9.17) is 15.2 Å². The molecule has 1 aromatic rings. The smallest absolute Gasteiger partial charge is 0.305 e. The maximum absolute atomic E-state index is 11.1. The van der Waals surface area contributed by atoms with Crippen LogP contribution < -0.4 is 15.2 Å². The Balaban J connectivity index is 2.69. The molecule has 0 amide bonds. The van der Waals surface area contributed by atoms with Crippen LogP contribution in [-0.4, -0.2) is 27.3 Å². The summed E-state index contributed by atoms with van der Waals surface area (Å²) in [6.07, 6.45) is 2.79. The molecule has 1 atom stereocenters. The fraction of sp³-hybridized carbons (Fsp3) is 0.533.